The van der Waals surface area contributed by atoms with Crippen molar-refractivity contribution >= 4 is 33.7 Å². The Hall–Kier alpha value is -0.520. The number of aliphatic hydroxyl groups is 1. The molecule has 2 rings (SSSR count). The zero-order valence-corrected chi connectivity index (χ0v) is 12.2. The summed E-state index contributed by atoms with van der Waals surface area (Å²) in [6.45, 7) is 0. The molecule has 1 atom stereocenters. The maximum absolute atomic E-state index is 10.7. The summed E-state index contributed by atoms with van der Waals surface area (Å²) < 4.78 is 0.900. The number of carbonyl (C=O) groups is 1. The molecule has 0 aromatic heterocycles. The Labute approximate surface area is 119 Å². The molecular weight excluding hydrogens is 316 g/mol. The quantitative estimate of drug-likeness (QED) is 0.893. The molecule has 98 valence electrons. The number of aliphatic hydroxyl groups excluding tert-OH is 1. The molecule has 2 N–H and O–H groups in total. The van der Waals surface area contributed by atoms with E-state index in [1.54, 1.807) is 12.1 Å². The van der Waals surface area contributed by atoms with Gasteiger partial charge in [-0.2, -0.15) is 11.8 Å². The van der Waals surface area contributed by atoms with E-state index in [1.165, 1.54) is 17.1 Å². The number of carboxylic acids is 1. The van der Waals surface area contributed by atoms with E-state index in [9.17, 15) is 9.90 Å². The van der Waals surface area contributed by atoms with Crippen LogP contribution in [0.25, 0.3) is 0 Å². The van der Waals surface area contributed by atoms with Crippen LogP contribution in [0.3, 0.4) is 0 Å². The maximum Gasteiger partial charge on any atom is 0.337 e. The number of carboxylic acid groups (broad SMARTS) is 1. The second kappa shape index (κ2) is 6.08. The molecule has 0 bridgehead atoms. The van der Waals surface area contributed by atoms with Crippen LogP contribution in [0.4, 0.5) is 0 Å². The van der Waals surface area contributed by atoms with Gasteiger partial charge in [0.05, 0.1) is 0 Å². The van der Waals surface area contributed by atoms with Crippen LogP contribution in [0.2, 0.25) is 0 Å². The third-order valence-electron chi connectivity index (χ3n) is 3.24. The third kappa shape index (κ3) is 3.08. The zero-order chi connectivity index (χ0) is 13.1. The van der Waals surface area contributed by atoms with E-state index in [2.05, 4.69) is 15.9 Å². The summed E-state index contributed by atoms with van der Waals surface area (Å²) in [7, 11) is 0. The molecule has 1 aliphatic heterocycles. The van der Waals surface area contributed by atoms with Crippen LogP contribution >= 0.6 is 27.7 Å². The van der Waals surface area contributed by atoms with Crippen LogP contribution in [0.5, 0.6) is 0 Å². The van der Waals surface area contributed by atoms with Crippen molar-refractivity contribution in [3.05, 3.63) is 33.8 Å². The molecule has 0 spiro atoms. The van der Waals surface area contributed by atoms with Gasteiger partial charge in [0, 0.05) is 4.47 Å². The van der Waals surface area contributed by atoms with Gasteiger partial charge in [-0.25, -0.2) is 4.79 Å². The highest BCUT2D eigenvalue weighted by atomic mass is 79.9. The van der Waals surface area contributed by atoms with Crippen LogP contribution < -0.4 is 0 Å². The number of thioether (sulfide) groups is 1. The second-order valence-electron chi connectivity index (χ2n) is 4.41. The Morgan fingerprint density at radius 1 is 1.39 bits per heavy atom. The Bertz CT molecular complexity index is 444. The maximum atomic E-state index is 10.7. The summed E-state index contributed by atoms with van der Waals surface area (Å²) in [5, 5.41) is 18.3. The monoisotopic (exact) mass is 330 g/mol. The molecule has 1 aromatic carbocycles. The average Bonchev–Trinajstić information content (AvgIpc) is 2.38. The number of aliphatic carboxylic acids is 1. The molecule has 5 heteroatoms. The third-order valence-corrected chi connectivity index (χ3v) is 4.97. The Morgan fingerprint density at radius 2 is 2.06 bits per heavy atom. The summed E-state index contributed by atoms with van der Waals surface area (Å²) in [5.74, 6) is 1.67. The minimum Gasteiger partial charge on any atom is -0.479 e. The van der Waals surface area contributed by atoms with E-state index < -0.39 is 12.1 Å². The van der Waals surface area contributed by atoms with Crippen molar-refractivity contribution in [1.29, 1.82) is 0 Å². The fourth-order valence-corrected chi connectivity index (χ4v) is 4.02. The van der Waals surface area contributed by atoms with Crippen molar-refractivity contribution in [1.82, 2.24) is 0 Å². The molecular formula is C13H15BrO3S. The van der Waals surface area contributed by atoms with Gasteiger partial charge in [0.25, 0.3) is 0 Å². The first-order valence-corrected chi connectivity index (χ1v) is 7.82. The fourth-order valence-electron chi connectivity index (χ4n) is 2.20. The molecule has 1 heterocycles. The summed E-state index contributed by atoms with van der Waals surface area (Å²) >= 11 is 5.47. The minimum atomic E-state index is -1.45. The minimum absolute atomic E-state index is 0.420. The summed E-state index contributed by atoms with van der Waals surface area (Å²) in [4.78, 5) is 10.7. The predicted molar refractivity (Wildman–Crippen MR) is 76.0 cm³/mol. The van der Waals surface area contributed by atoms with Crippen molar-refractivity contribution < 1.29 is 15.0 Å². The van der Waals surface area contributed by atoms with Crippen LogP contribution in [0.1, 0.15) is 36.0 Å². The van der Waals surface area contributed by atoms with Gasteiger partial charge in [0.1, 0.15) is 0 Å². The van der Waals surface area contributed by atoms with Crippen molar-refractivity contribution in [3.63, 3.8) is 0 Å². The van der Waals surface area contributed by atoms with Crippen molar-refractivity contribution in [2.45, 2.75) is 24.9 Å². The molecule has 1 aromatic rings. The Balaban J connectivity index is 2.21. The predicted octanol–water partition coefficient (Wildman–Crippen LogP) is 3.18. The SMILES string of the molecule is O=C(O)C(O)c1ccc(C2CCSCC2)c(Br)c1. The number of hydrogen-bond acceptors (Lipinski definition) is 3. The van der Waals surface area contributed by atoms with Gasteiger partial charge in [-0.3, -0.25) is 0 Å². The van der Waals surface area contributed by atoms with Crippen molar-refractivity contribution in [2.75, 3.05) is 11.5 Å². The molecule has 1 saturated heterocycles. The smallest absolute Gasteiger partial charge is 0.337 e. The van der Waals surface area contributed by atoms with Gasteiger partial charge < -0.3 is 10.2 Å². The molecule has 1 fully saturated rings. The highest BCUT2D eigenvalue weighted by Gasteiger charge is 2.21. The Morgan fingerprint density at radius 3 is 2.61 bits per heavy atom. The molecule has 0 saturated carbocycles. The van der Waals surface area contributed by atoms with Gasteiger partial charge in [-0.1, -0.05) is 28.1 Å². The van der Waals surface area contributed by atoms with E-state index in [0.29, 0.717) is 11.5 Å². The van der Waals surface area contributed by atoms with Gasteiger partial charge >= 0.3 is 5.97 Å². The highest BCUT2D eigenvalue weighted by Crippen LogP contribution is 2.36. The normalized spacial score (nSPS) is 18.6. The van der Waals surface area contributed by atoms with Crippen LogP contribution in [0, 0.1) is 0 Å². The lowest BCUT2D eigenvalue weighted by molar-refractivity contribution is -0.146. The lowest BCUT2D eigenvalue weighted by atomic mass is 9.92. The average molecular weight is 331 g/mol. The molecule has 0 amide bonds. The lowest BCUT2D eigenvalue weighted by Crippen LogP contribution is -2.12. The first kappa shape index (κ1) is 13.9. The first-order valence-electron chi connectivity index (χ1n) is 5.87. The van der Waals surface area contributed by atoms with E-state index in [-0.39, 0.29) is 0 Å². The van der Waals surface area contributed by atoms with E-state index in [0.717, 1.165) is 17.3 Å². The molecule has 18 heavy (non-hydrogen) atoms. The van der Waals surface area contributed by atoms with Gasteiger partial charge in [-0.15, -0.1) is 0 Å². The highest BCUT2D eigenvalue weighted by molar-refractivity contribution is 9.10. The van der Waals surface area contributed by atoms with Crippen molar-refractivity contribution in [2.24, 2.45) is 0 Å². The van der Waals surface area contributed by atoms with Gasteiger partial charge in [-0.05, 0) is 47.5 Å². The number of hydrogen-bond donors (Lipinski definition) is 2. The molecule has 1 unspecified atom stereocenters. The van der Waals surface area contributed by atoms with E-state index in [1.807, 2.05) is 17.8 Å². The lowest BCUT2D eigenvalue weighted by Gasteiger charge is -2.23. The summed E-state index contributed by atoms with van der Waals surface area (Å²) in [6, 6.07) is 5.36. The fraction of sp³-hybridized carbons (Fsp3) is 0.462. The molecule has 3 nitrogen and oxygen atoms in total. The number of rotatable bonds is 3. The topological polar surface area (TPSA) is 57.5 Å². The molecule has 0 radical (unpaired) electrons. The van der Waals surface area contributed by atoms with Crippen LogP contribution in [-0.4, -0.2) is 27.7 Å². The second-order valence-corrected chi connectivity index (χ2v) is 6.49. The number of halogens is 1. The van der Waals surface area contributed by atoms with Crippen molar-refractivity contribution in [3.8, 4) is 0 Å². The van der Waals surface area contributed by atoms with Crippen LogP contribution in [-0.2, 0) is 4.79 Å². The Kier molecular flexibility index (Phi) is 4.70. The first-order chi connectivity index (χ1) is 8.59. The van der Waals surface area contributed by atoms with Crippen LogP contribution in [0.15, 0.2) is 22.7 Å². The number of benzene rings is 1. The molecule has 1 aliphatic rings. The van der Waals surface area contributed by atoms with E-state index in [4.69, 9.17) is 5.11 Å². The zero-order valence-electron chi connectivity index (χ0n) is 9.80. The largest absolute Gasteiger partial charge is 0.479 e. The van der Waals surface area contributed by atoms with Gasteiger partial charge in [0.2, 0.25) is 0 Å². The summed E-state index contributed by atoms with van der Waals surface area (Å²) in [6.07, 6.45) is 0.867. The standard InChI is InChI=1S/C13H15BrO3S/c14-11-7-9(12(15)13(16)17)1-2-10(11)8-3-5-18-6-4-8/h1-2,7-8,12,15H,3-6H2,(H,16,17). The van der Waals surface area contributed by atoms with Gasteiger partial charge in [0.15, 0.2) is 6.10 Å². The van der Waals surface area contributed by atoms with E-state index >= 15 is 0 Å². The molecule has 0 aliphatic carbocycles. The summed E-state index contributed by atoms with van der Waals surface area (Å²) in [5.41, 5.74) is 1.64.